The molecule has 0 radical (unpaired) electrons. The molecule has 0 saturated carbocycles. The number of aryl methyl sites for hydroxylation is 2. The van der Waals surface area contributed by atoms with Crippen LogP contribution in [0, 0.1) is 13.8 Å². The normalized spacial score (nSPS) is 15.4. The van der Waals surface area contributed by atoms with Crippen LogP contribution in [-0.2, 0) is 22.4 Å². The Morgan fingerprint density at radius 3 is 1.98 bits per heavy atom. The number of thiophene rings is 1. The van der Waals surface area contributed by atoms with E-state index in [1.54, 1.807) is 60.7 Å². The summed E-state index contributed by atoms with van der Waals surface area (Å²) in [6.07, 6.45) is 5.11. The van der Waals surface area contributed by atoms with Gasteiger partial charge in [-0.15, -0.1) is 11.3 Å². The van der Waals surface area contributed by atoms with E-state index in [0.29, 0.717) is 33.2 Å². The molecule has 0 unspecified atom stereocenters. The molecule has 206 valence electrons. The Bertz CT molecular complexity index is 1690. The van der Waals surface area contributed by atoms with Gasteiger partial charge in [0.1, 0.15) is 10.6 Å². The number of benzene rings is 2. The number of anilines is 2. The van der Waals surface area contributed by atoms with Gasteiger partial charge in [-0.3, -0.25) is 9.59 Å². The van der Waals surface area contributed by atoms with Crippen molar-refractivity contribution in [1.29, 1.82) is 0 Å². The topological polar surface area (TPSA) is 99.9 Å². The third-order valence-corrected chi connectivity index (χ3v) is 8.90. The molecule has 1 saturated heterocycles. The number of aromatic nitrogens is 1. The predicted molar refractivity (Wildman–Crippen MR) is 158 cm³/mol. The Kier molecular flexibility index (Phi) is 6.67. The minimum Gasteiger partial charge on any atom is -0.478 e. The van der Waals surface area contributed by atoms with Gasteiger partial charge in [-0.2, -0.15) is 0 Å². The summed E-state index contributed by atoms with van der Waals surface area (Å²) in [6, 6.07) is 18.1. The van der Waals surface area contributed by atoms with Crippen molar-refractivity contribution in [2.75, 3.05) is 9.80 Å². The number of para-hydroxylation sites is 2. The molecule has 9 heteroatoms. The Morgan fingerprint density at radius 1 is 0.854 bits per heavy atom. The molecule has 2 aromatic heterocycles. The van der Waals surface area contributed by atoms with E-state index in [4.69, 9.17) is 0 Å². The third-order valence-electron chi connectivity index (χ3n) is 7.62. The van der Waals surface area contributed by atoms with Crippen LogP contribution in [0.2, 0.25) is 0 Å². The number of nitrogens with zero attached hydrogens (tertiary/aromatic N) is 3. The first-order valence-corrected chi connectivity index (χ1v) is 14.2. The number of hydrogen-bond donors (Lipinski definition) is 1. The lowest BCUT2D eigenvalue weighted by Crippen LogP contribution is -2.57. The summed E-state index contributed by atoms with van der Waals surface area (Å²) in [5.74, 6) is -2.40. The van der Waals surface area contributed by atoms with E-state index >= 15 is 0 Å². The van der Waals surface area contributed by atoms with Gasteiger partial charge >= 0.3 is 12.0 Å². The number of fused-ring (bicyclic) bond motifs is 1. The molecule has 41 heavy (non-hydrogen) atoms. The maximum Gasteiger partial charge on any atom is 0.343 e. The van der Waals surface area contributed by atoms with Crippen LogP contribution in [-0.4, -0.2) is 33.5 Å². The van der Waals surface area contributed by atoms with Crippen molar-refractivity contribution in [3.05, 3.63) is 105 Å². The highest BCUT2D eigenvalue weighted by molar-refractivity contribution is 7.15. The van der Waals surface area contributed by atoms with Gasteiger partial charge in [0.15, 0.2) is 0 Å². The van der Waals surface area contributed by atoms with Crippen LogP contribution in [0.4, 0.5) is 16.2 Å². The Balaban J connectivity index is 1.50. The second-order valence-corrected chi connectivity index (χ2v) is 11.2. The predicted octanol–water partition coefficient (Wildman–Crippen LogP) is 6.32. The van der Waals surface area contributed by atoms with Gasteiger partial charge in [-0.05, 0) is 87.1 Å². The highest BCUT2D eigenvalue weighted by Crippen LogP contribution is 2.39. The number of carbonyl (C=O) groups is 4. The number of barbiturate groups is 1. The van der Waals surface area contributed by atoms with E-state index < -0.39 is 23.8 Å². The first-order valence-electron chi connectivity index (χ1n) is 13.4. The Labute approximate surface area is 240 Å². The number of aromatic carboxylic acids is 1. The third kappa shape index (κ3) is 4.38. The van der Waals surface area contributed by atoms with Gasteiger partial charge in [-0.25, -0.2) is 19.4 Å². The number of rotatable bonds is 5. The van der Waals surface area contributed by atoms with Crippen LogP contribution in [0.3, 0.4) is 0 Å². The largest absolute Gasteiger partial charge is 0.478 e. The number of amides is 4. The zero-order valence-corrected chi connectivity index (χ0v) is 23.4. The van der Waals surface area contributed by atoms with Crippen molar-refractivity contribution in [3.63, 3.8) is 0 Å². The zero-order chi connectivity index (χ0) is 28.8. The average Bonchev–Trinajstić information content (AvgIpc) is 3.48. The van der Waals surface area contributed by atoms with Crippen molar-refractivity contribution >= 4 is 52.6 Å². The molecule has 1 aliphatic carbocycles. The maximum absolute atomic E-state index is 13.8. The molecule has 6 rings (SSSR count). The summed E-state index contributed by atoms with van der Waals surface area (Å²) in [5, 5.41) is 10.8. The quantitative estimate of drug-likeness (QED) is 0.226. The van der Waals surface area contributed by atoms with E-state index in [9.17, 15) is 24.3 Å². The van der Waals surface area contributed by atoms with Crippen molar-refractivity contribution in [2.45, 2.75) is 39.5 Å². The van der Waals surface area contributed by atoms with Gasteiger partial charge in [0.05, 0.1) is 16.9 Å². The number of hydrogen-bond acceptors (Lipinski definition) is 5. The molecule has 0 spiro atoms. The molecule has 2 aromatic carbocycles. The fourth-order valence-electron chi connectivity index (χ4n) is 5.67. The van der Waals surface area contributed by atoms with Gasteiger partial charge in [0.2, 0.25) is 0 Å². The van der Waals surface area contributed by atoms with Crippen molar-refractivity contribution in [3.8, 4) is 5.00 Å². The van der Waals surface area contributed by atoms with Crippen LogP contribution in [0.15, 0.2) is 72.3 Å². The molecular formula is C32H27N3O5S. The van der Waals surface area contributed by atoms with E-state index in [1.807, 2.05) is 24.5 Å². The molecule has 0 atom stereocenters. The van der Waals surface area contributed by atoms with Gasteiger partial charge in [-0.1, -0.05) is 36.4 Å². The second kappa shape index (κ2) is 10.3. The van der Waals surface area contributed by atoms with Crippen molar-refractivity contribution in [2.24, 2.45) is 0 Å². The first-order chi connectivity index (χ1) is 19.8. The summed E-state index contributed by atoms with van der Waals surface area (Å²) < 4.78 is 1.89. The molecule has 3 heterocycles. The SMILES string of the molecule is Cc1cc(C=C2C(=O)N(c3ccccc3)C(=O)N(c3ccccc3)C2=O)c(C)n1-c1sc2c(c1C(=O)O)CCCC2. The lowest BCUT2D eigenvalue weighted by Gasteiger charge is -2.33. The summed E-state index contributed by atoms with van der Waals surface area (Å²) in [7, 11) is 0. The fourth-order valence-corrected chi connectivity index (χ4v) is 7.16. The van der Waals surface area contributed by atoms with Crippen LogP contribution >= 0.6 is 11.3 Å². The molecule has 4 amide bonds. The average molecular weight is 566 g/mol. The van der Waals surface area contributed by atoms with Crippen LogP contribution < -0.4 is 9.80 Å². The smallest absolute Gasteiger partial charge is 0.343 e. The molecular weight excluding hydrogens is 538 g/mol. The minimum atomic E-state index is -0.958. The van der Waals surface area contributed by atoms with Crippen LogP contribution in [0.5, 0.6) is 0 Å². The Hall–Kier alpha value is -4.76. The number of carbonyl (C=O) groups excluding carboxylic acids is 3. The summed E-state index contributed by atoms with van der Waals surface area (Å²) in [6.45, 7) is 3.72. The second-order valence-electron chi connectivity index (χ2n) is 10.2. The molecule has 1 N–H and O–H groups in total. The van der Waals surface area contributed by atoms with Crippen molar-refractivity contribution < 1.29 is 24.3 Å². The number of carboxylic acid groups (broad SMARTS) is 1. The van der Waals surface area contributed by atoms with Crippen molar-refractivity contribution in [1.82, 2.24) is 4.57 Å². The highest BCUT2D eigenvalue weighted by atomic mass is 32.1. The number of imide groups is 2. The fraction of sp³-hybridized carbons (Fsp3) is 0.188. The van der Waals surface area contributed by atoms with E-state index in [0.717, 1.165) is 51.6 Å². The monoisotopic (exact) mass is 565 g/mol. The molecule has 2 aliphatic rings. The maximum atomic E-state index is 13.8. The number of carboxylic acids is 1. The Morgan fingerprint density at radius 2 is 1.41 bits per heavy atom. The van der Waals surface area contributed by atoms with Gasteiger partial charge < -0.3 is 9.67 Å². The van der Waals surface area contributed by atoms with E-state index in [2.05, 4.69) is 0 Å². The van der Waals surface area contributed by atoms with E-state index in [-0.39, 0.29) is 5.57 Å². The summed E-state index contributed by atoms with van der Waals surface area (Å²) in [4.78, 5) is 56.6. The molecule has 0 bridgehead atoms. The number of urea groups is 1. The zero-order valence-electron chi connectivity index (χ0n) is 22.6. The molecule has 4 aromatic rings. The van der Waals surface area contributed by atoms with Crippen LogP contribution in [0.1, 0.15) is 50.6 Å². The lowest BCUT2D eigenvalue weighted by molar-refractivity contribution is -0.121. The molecule has 1 aliphatic heterocycles. The van der Waals surface area contributed by atoms with Crippen LogP contribution in [0.25, 0.3) is 11.1 Å². The van der Waals surface area contributed by atoms with Gasteiger partial charge in [0, 0.05) is 16.3 Å². The van der Waals surface area contributed by atoms with Gasteiger partial charge in [0.25, 0.3) is 11.8 Å². The summed E-state index contributed by atoms with van der Waals surface area (Å²) in [5.41, 5.74) is 3.84. The first kappa shape index (κ1) is 26.5. The highest BCUT2D eigenvalue weighted by Gasteiger charge is 2.44. The standard InChI is InChI=1S/C32H27N3O5S/c1-19-17-21(20(2)33(19)30-27(31(38)39)24-15-9-10-16-26(24)41-30)18-25-28(36)34(22-11-5-3-6-12-22)32(40)35(29(25)37)23-13-7-4-8-14-23/h3-8,11-14,17-18H,9-10,15-16H2,1-2H3,(H,38,39). The molecule has 8 nitrogen and oxygen atoms in total. The summed E-state index contributed by atoms with van der Waals surface area (Å²) >= 11 is 1.49. The molecule has 1 fully saturated rings. The minimum absolute atomic E-state index is 0.165. The lowest BCUT2D eigenvalue weighted by atomic mass is 9.95. The van der Waals surface area contributed by atoms with E-state index in [1.165, 1.54) is 17.4 Å².